The maximum absolute atomic E-state index is 11.6. The molecule has 3 heteroatoms. The normalized spacial score (nSPS) is 10.3. The molecule has 0 aliphatic carbocycles. The molecule has 88 valence electrons. The molecule has 0 aromatic heterocycles. The van der Waals surface area contributed by atoms with E-state index in [-0.39, 0.29) is 18.6 Å². The third-order valence-corrected chi connectivity index (χ3v) is 2.55. The lowest BCUT2D eigenvalue weighted by atomic mass is 10.2. The number of likely N-dealkylation sites (N-methyl/N-ethyl adjacent to an activating group) is 1. The van der Waals surface area contributed by atoms with E-state index in [9.17, 15) is 4.79 Å². The molecule has 0 heterocycles. The van der Waals surface area contributed by atoms with Crippen molar-refractivity contribution < 1.29 is 9.53 Å². The number of hydrogen-bond acceptors (Lipinski definition) is 2. The van der Waals surface area contributed by atoms with Crippen molar-refractivity contribution in [3.8, 4) is 5.75 Å². The third kappa shape index (κ3) is 3.57. The van der Waals surface area contributed by atoms with E-state index in [1.165, 1.54) is 5.56 Å². The van der Waals surface area contributed by atoms with Crippen LogP contribution in [0.5, 0.6) is 5.75 Å². The maximum atomic E-state index is 11.6. The van der Waals surface area contributed by atoms with Gasteiger partial charge in [0, 0.05) is 13.1 Å². The van der Waals surface area contributed by atoms with E-state index in [1.54, 1.807) is 11.9 Å². The molecule has 1 amide bonds. The Kier molecular flexibility index (Phi) is 4.35. The van der Waals surface area contributed by atoms with E-state index >= 15 is 0 Å². The smallest absolute Gasteiger partial charge is 0.260 e. The molecule has 0 radical (unpaired) electrons. The van der Waals surface area contributed by atoms with Crippen LogP contribution < -0.4 is 4.74 Å². The first-order chi connectivity index (χ1) is 7.50. The zero-order valence-corrected chi connectivity index (χ0v) is 10.4. The van der Waals surface area contributed by atoms with E-state index < -0.39 is 0 Å². The predicted octanol–water partition coefficient (Wildman–Crippen LogP) is 2.24. The van der Waals surface area contributed by atoms with Gasteiger partial charge in [0.1, 0.15) is 5.75 Å². The van der Waals surface area contributed by atoms with Crippen molar-refractivity contribution in [2.24, 2.45) is 0 Å². The van der Waals surface area contributed by atoms with Crippen molar-refractivity contribution in [2.45, 2.75) is 26.8 Å². The molecule has 3 nitrogen and oxygen atoms in total. The molecule has 0 saturated heterocycles. The van der Waals surface area contributed by atoms with Gasteiger partial charge in [-0.1, -0.05) is 17.7 Å². The highest BCUT2D eigenvalue weighted by Gasteiger charge is 2.12. The summed E-state index contributed by atoms with van der Waals surface area (Å²) in [4.78, 5) is 13.3. The average molecular weight is 221 g/mol. The Bertz CT molecular complexity index is 343. The number of nitrogens with zero attached hydrogens (tertiary/aromatic N) is 1. The molecule has 0 aliphatic heterocycles. The average Bonchev–Trinajstić information content (AvgIpc) is 2.26. The van der Waals surface area contributed by atoms with Crippen molar-refractivity contribution >= 4 is 5.91 Å². The summed E-state index contributed by atoms with van der Waals surface area (Å²) in [5.74, 6) is 0.728. The Labute approximate surface area is 97.0 Å². The van der Waals surface area contributed by atoms with Gasteiger partial charge in [0.05, 0.1) is 0 Å². The minimum absolute atomic E-state index is 0.00410. The van der Waals surface area contributed by atoms with Crippen molar-refractivity contribution in [2.75, 3.05) is 13.7 Å². The number of hydrogen-bond donors (Lipinski definition) is 0. The minimum Gasteiger partial charge on any atom is -0.484 e. The molecule has 0 bridgehead atoms. The first-order valence-electron chi connectivity index (χ1n) is 5.46. The first kappa shape index (κ1) is 12.6. The number of carbonyl (C=O) groups is 1. The molecule has 0 spiro atoms. The molecule has 0 unspecified atom stereocenters. The number of amides is 1. The van der Waals surface area contributed by atoms with Crippen LogP contribution in [-0.2, 0) is 4.79 Å². The van der Waals surface area contributed by atoms with Gasteiger partial charge in [-0.2, -0.15) is 0 Å². The number of rotatable bonds is 4. The van der Waals surface area contributed by atoms with Gasteiger partial charge in [0.25, 0.3) is 5.91 Å². The largest absolute Gasteiger partial charge is 0.484 e. The van der Waals surface area contributed by atoms with Gasteiger partial charge in [-0.3, -0.25) is 4.79 Å². The van der Waals surface area contributed by atoms with E-state index in [0.717, 1.165) is 5.75 Å². The Morgan fingerprint density at radius 3 is 2.38 bits per heavy atom. The standard InChI is InChI=1S/C13H19NO2/c1-10(2)14(4)13(15)9-16-12-7-5-11(3)6-8-12/h5-8,10H,9H2,1-4H3. The van der Waals surface area contributed by atoms with E-state index in [4.69, 9.17) is 4.74 Å². The van der Waals surface area contributed by atoms with Crippen LogP contribution in [0.1, 0.15) is 19.4 Å². The molecular formula is C13H19NO2. The Hall–Kier alpha value is -1.51. The summed E-state index contributed by atoms with van der Waals surface area (Å²) >= 11 is 0. The lowest BCUT2D eigenvalue weighted by Crippen LogP contribution is -2.36. The molecule has 16 heavy (non-hydrogen) atoms. The Morgan fingerprint density at radius 1 is 1.31 bits per heavy atom. The summed E-state index contributed by atoms with van der Waals surface area (Å²) in [6.07, 6.45) is 0. The summed E-state index contributed by atoms with van der Waals surface area (Å²) in [6.45, 7) is 6.06. The number of benzene rings is 1. The van der Waals surface area contributed by atoms with Crippen molar-refractivity contribution in [3.63, 3.8) is 0 Å². The molecule has 1 aromatic rings. The van der Waals surface area contributed by atoms with Crippen LogP contribution in [0.3, 0.4) is 0 Å². The number of carbonyl (C=O) groups excluding carboxylic acids is 1. The Balaban J connectivity index is 2.46. The summed E-state index contributed by atoms with van der Waals surface area (Å²) in [5, 5.41) is 0. The van der Waals surface area contributed by atoms with Crippen LogP contribution in [0.2, 0.25) is 0 Å². The van der Waals surface area contributed by atoms with Crippen LogP contribution in [-0.4, -0.2) is 30.5 Å². The van der Waals surface area contributed by atoms with Gasteiger partial charge in [0.15, 0.2) is 6.61 Å². The Morgan fingerprint density at radius 2 is 1.88 bits per heavy atom. The van der Waals surface area contributed by atoms with E-state index in [1.807, 2.05) is 45.0 Å². The summed E-state index contributed by atoms with van der Waals surface area (Å²) in [5.41, 5.74) is 1.18. The van der Waals surface area contributed by atoms with Gasteiger partial charge in [-0.15, -0.1) is 0 Å². The quantitative estimate of drug-likeness (QED) is 0.780. The van der Waals surface area contributed by atoms with Crippen LogP contribution in [0.4, 0.5) is 0 Å². The van der Waals surface area contributed by atoms with Gasteiger partial charge in [-0.25, -0.2) is 0 Å². The second-order valence-electron chi connectivity index (χ2n) is 4.20. The van der Waals surface area contributed by atoms with Gasteiger partial charge >= 0.3 is 0 Å². The maximum Gasteiger partial charge on any atom is 0.260 e. The second kappa shape index (κ2) is 5.54. The topological polar surface area (TPSA) is 29.5 Å². The minimum atomic E-state index is -0.00410. The van der Waals surface area contributed by atoms with E-state index in [0.29, 0.717) is 0 Å². The van der Waals surface area contributed by atoms with Crippen LogP contribution in [0.25, 0.3) is 0 Å². The van der Waals surface area contributed by atoms with Gasteiger partial charge < -0.3 is 9.64 Å². The van der Waals surface area contributed by atoms with Crippen LogP contribution in [0.15, 0.2) is 24.3 Å². The fraction of sp³-hybridized carbons (Fsp3) is 0.462. The molecule has 1 rings (SSSR count). The SMILES string of the molecule is Cc1ccc(OCC(=O)N(C)C(C)C)cc1. The van der Waals surface area contributed by atoms with Crippen molar-refractivity contribution in [3.05, 3.63) is 29.8 Å². The number of aryl methyl sites for hydroxylation is 1. The highest BCUT2D eigenvalue weighted by atomic mass is 16.5. The van der Waals surface area contributed by atoms with E-state index in [2.05, 4.69) is 0 Å². The molecule has 0 aliphatic rings. The van der Waals surface area contributed by atoms with Crippen molar-refractivity contribution in [1.82, 2.24) is 4.90 Å². The number of ether oxygens (including phenoxy) is 1. The zero-order chi connectivity index (χ0) is 12.1. The predicted molar refractivity (Wildman–Crippen MR) is 64.6 cm³/mol. The molecule has 0 N–H and O–H groups in total. The van der Waals surface area contributed by atoms with Gasteiger partial charge in [-0.05, 0) is 32.9 Å². The highest BCUT2D eigenvalue weighted by Crippen LogP contribution is 2.11. The fourth-order valence-electron chi connectivity index (χ4n) is 1.17. The third-order valence-electron chi connectivity index (χ3n) is 2.55. The summed E-state index contributed by atoms with van der Waals surface area (Å²) < 4.78 is 5.40. The molecular weight excluding hydrogens is 202 g/mol. The summed E-state index contributed by atoms with van der Waals surface area (Å²) in [6, 6.07) is 7.88. The highest BCUT2D eigenvalue weighted by molar-refractivity contribution is 5.77. The lowest BCUT2D eigenvalue weighted by molar-refractivity contribution is -0.133. The zero-order valence-electron chi connectivity index (χ0n) is 10.4. The lowest BCUT2D eigenvalue weighted by Gasteiger charge is -2.21. The molecule has 1 aromatic carbocycles. The first-order valence-corrected chi connectivity index (χ1v) is 5.46. The molecule has 0 fully saturated rings. The van der Waals surface area contributed by atoms with Crippen molar-refractivity contribution in [1.29, 1.82) is 0 Å². The molecule has 0 atom stereocenters. The second-order valence-corrected chi connectivity index (χ2v) is 4.20. The molecule has 0 saturated carbocycles. The van der Waals surface area contributed by atoms with Crippen LogP contribution >= 0.6 is 0 Å². The monoisotopic (exact) mass is 221 g/mol. The fourth-order valence-corrected chi connectivity index (χ4v) is 1.17. The van der Waals surface area contributed by atoms with Gasteiger partial charge in [0.2, 0.25) is 0 Å². The van der Waals surface area contributed by atoms with Crippen LogP contribution in [0, 0.1) is 6.92 Å². The summed E-state index contributed by atoms with van der Waals surface area (Å²) in [7, 11) is 1.78.